The van der Waals surface area contributed by atoms with Crippen molar-refractivity contribution in [2.75, 3.05) is 28.8 Å². The molecule has 6 nitrogen and oxygen atoms in total. The summed E-state index contributed by atoms with van der Waals surface area (Å²) in [6.07, 6.45) is 1.68. The van der Waals surface area contributed by atoms with E-state index in [1.165, 1.54) is 4.90 Å². The van der Waals surface area contributed by atoms with E-state index in [0.717, 1.165) is 5.69 Å². The molecule has 1 N–H and O–H groups in total. The zero-order valence-corrected chi connectivity index (χ0v) is 17.0. The molecule has 3 aromatic carbocycles. The van der Waals surface area contributed by atoms with Gasteiger partial charge in [0.05, 0.1) is 24.0 Å². The Morgan fingerprint density at radius 3 is 2.42 bits per heavy atom. The minimum absolute atomic E-state index is 0.248. The summed E-state index contributed by atoms with van der Waals surface area (Å²) in [5, 5.41) is 3.42. The molecule has 5 rings (SSSR count). The van der Waals surface area contributed by atoms with Crippen LogP contribution in [0.3, 0.4) is 0 Å². The number of benzene rings is 3. The molecule has 2 aliphatic rings. The van der Waals surface area contributed by atoms with E-state index in [2.05, 4.69) is 11.9 Å². The van der Waals surface area contributed by atoms with Gasteiger partial charge in [-0.05, 0) is 30.3 Å². The predicted octanol–water partition coefficient (Wildman–Crippen LogP) is 4.15. The molecule has 0 unspecified atom stereocenters. The van der Waals surface area contributed by atoms with E-state index >= 15 is 0 Å². The van der Waals surface area contributed by atoms with Crippen molar-refractivity contribution in [2.24, 2.45) is 0 Å². The molecule has 0 aliphatic carbocycles. The monoisotopic (exact) mass is 411 g/mol. The van der Waals surface area contributed by atoms with Crippen LogP contribution in [-0.4, -0.2) is 25.5 Å². The number of methoxy groups -OCH3 is 1. The first kappa shape index (κ1) is 18.9. The molecule has 6 heteroatoms. The second-order valence-electron chi connectivity index (χ2n) is 7.41. The molecule has 0 fully saturated rings. The van der Waals surface area contributed by atoms with E-state index in [1.807, 2.05) is 54.6 Å². The van der Waals surface area contributed by atoms with E-state index in [1.54, 1.807) is 36.3 Å². The summed E-state index contributed by atoms with van der Waals surface area (Å²) < 4.78 is 5.57. The van der Waals surface area contributed by atoms with Crippen molar-refractivity contribution in [1.82, 2.24) is 0 Å². The van der Waals surface area contributed by atoms with Crippen molar-refractivity contribution in [2.45, 2.75) is 5.66 Å². The summed E-state index contributed by atoms with van der Waals surface area (Å²) in [6, 6.07) is 22.0. The molecule has 0 radical (unpaired) electrons. The number of anilines is 3. The number of rotatable bonds is 4. The van der Waals surface area contributed by atoms with Gasteiger partial charge in [0, 0.05) is 17.8 Å². The van der Waals surface area contributed by atoms with Gasteiger partial charge in [-0.15, -0.1) is 6.58 Å². The summed E-state index contributed by atoms with van der Waals surface area (Å²) in [6.45, 7) is 4.13. The first-order valence-corrected chi connectivity index (χ1v) is 10.0. The van der Waals surface area contributed by atoms with Gasteiger partial charge < -0.3 is 15.0 Å². The molecule has 0 aromatic heterocycles. The van der Waals surface area contributed by atoms with Crippen molar-refractivity contribution < 1.29 is 14.3 Å². The number of hydrogen-bond donors (Lipinski definition) is 1. The summed E-state index contributed by atoms with van der Waals surface area (Å²) in [7, 11) is 1.55. The standard InChI is InChI=1S/C25H21N3O3/c1-3-16-27-20-13-7-5-11-18(20)25(24(27)30)26-19-12-6-4-10-17(19)23(29)28(25)21-14-8-9-15-22(21)31-2/h3-15,26H,1,16H2,2H3/t25-/m0/s1. The molecule has 0 saturated carbocycles. The maximum absolute atomic E-state index is 14.0. The topological polar surface area (TPSA) is 61.9 Å². The third kappa shape index (κ3) is 2.51. The van der Waals surface area contributed by atoms with E-state index in [-0.39, 0.29) is 11.8 Å². The molecule has 3 aromatic rings. The van der Waals surface area contributed by atoms with Gasteiger partial charge in [-0.25, -0.2) is 0 Å². The summed E-state index contributed by atoms with van der Waals surface area (Å²) in [4.78, 5) is 31.1. The Morgan fingerprint density at radius 2 is 1.65 bits per heavy atom. The van der Waals surface area contributed by atoms with E-state index < -0.39 is 5.66 Å². The van der Waals surface area contributed by atoms with Crippen molar-refractivity contribution >= 4 is 28.9 Å². The molecule has 1 atom stereocenters. The van der Waals surface area contributed by atoms with Crippen LogP contribution < -0.4 is 19.9 Å². The molecule has 1 spiro atoms. The van der Waals surface area contributed by atoms with Crippen LogP contribution in [0.5, 0.6) is 5.75 Å². The largest absolute Gasteiger partial charge is 0.495 e. The SMILES string of the molecule is C=CCN1C(=O)[C@]2(Nc3ccccc3C(=O)N2c2ccccc2OC)c2ccccc21. The number of nitrogens with zero attached hydrogens (tertiary/aromatic N) is 2. The third-order valence-corrected chi connectivity index (χ3v) is 5.79. The summed E-state index contributed by atoms with van der Waals surface area (Å²) in [5.74, 6) is -0.0197. The fourth-order valence-corrected chi connectivity index (χ4v) is 4.49. The maximum atomic E-state index is 14.0. The van der Waals surface area contributed by atoms with Gasteiger partial charge in [0.1, 0.15) is 5.75 Å². The lowest BCUT2D eigenvalue weighted by Crippen LogP contribution is -2.63. The smallest absolute Gasteiger partial charge is 0.279 e. The van der Waals surface area contributed by atoms with Crippen molar-refractivity contribution in [3.63, 3.8) is 0 Å². The van der Waals surface area contributed by atoms with Gasteiger partial charge in [0.2, 0.25) is 5.66 Å². The normalized spacial score (nSPS) is 19.1. The van der Waals surface area contributed by atoms with Crippen LogP contribution in [0.2, 0.25) is 0 Å². The molecule has 0 saturated heterocycles. The minimum Gasteiger partial charge on any atom is -0.495 e. The second kappa shape index (κ2) is 7.02. The fourth-order valence-electron chi connectivity index (χ4n) is 4.49. The molecular weight excluding hydrogens is 390 g/mol. The number of carbonyl (C=O) groups is 2. The number of amides is 2. The number of nitrogens with one attached hydrogen (secondary N) is 1. The first-order chi connectivity index (χ1) is 15.1. The van der Waals surface area contributed by atoms with Gasteiger partial charge in [-0.3, -0.25) is 14.5 Å². The lowest BCUT2D eigenvalue weighted by atomic mass is 9.92. The highest BCUT2D eigenvalue weighted by Gasteiger charge is 2.59. The number of fused-ring (bicyclic) bond motifs is 3. The first-order valence-electron chi connectivity index (χ1n) is 10.0. The number of ether oxygens (including phenoxy) is 1. The second-order valence-corrected chi connectivity index (χ2v) is 7.41. The van der Waals surface area contributed by atoms with Crippen LogP contribution >= 0.6 is 0 Å². The molecule has 2 amide bonds. The van der Waals surface area contributed by atoms with Crippen LogP contribution in [-0.2, 0) is 10.5 Å². The minimum atomic E-state index is -1.44. The number of hydrogen-bond acceptors (Lipinski definition) is 4. The van der Waals surface area contributed by atoms with Gasteiger partial charge in [0.25, 0.3) is 11.8 Å². The van der Waals surface area contributed by atoms with Crippen LogP contribution in [0.25, 0.3) is 0 Å². The Hall–Kier alpha value is -4.06. The lowest BCUT2D eigenvalue weighted by molar-refractivity contribution is -0.122. The van der Waals surface area contributed by atoms with Crippen LogP contribution in [0.4, 0.5) is 17.1 Å². The lowest BCUT2D eigenvalue weighted by Gasteiger charge is -2.45. The Kier molecular flexibility index (Phi) is 4.29. The van der Waals surface area contributed by atoms with Gasteiger partial charge in [0.15, 0.2) is 0 Å². The van der Waals surface area contributed by atoms with E-state index in [0.29, 0.717) is 34.8 Å². The molecule has 31 heavy (non-hydrogen) atoms. The Morgan fingerprint density at radius 1 is 0.968 bits per heavy atom. The zero-order chi connectivity index (χ0) is 21.6. The molecule has 2 aliphatic heterocycles. The molecular formula is C25H21N3O3. The highest BCUT2D eigenvalue weighted by atomic mass is 16.5. The quantitative estimate of drug-likeness (QED) is 0.655. The average molecular weight is 411 g/mol. The van der Waals surface area contributed by atoms with Crippen LogP contribution in [0.1, 0.15) is 15.9 Å². The third-order valence-electron chi connectivity index (χ3n) is 5.79. The number of carbonyl (C=O) groups excluding carboxylic acids is 2. The fraction of sp³-hybridized carbons (Fsp3) is 0.120. The van der Waals surface area contributed by atoms with Crippen LogP contribution in [0, 0.1) is 0 Å². The van der Waals surface area contributed by atoms with E-state index in [9.17, 15) is 9.59 Å². The van der Waals surface area contributed by atoms with Crippen molar-refractivity contribution in [1.29, 1.82) is 0 Å². The van der Waals surface area contributed by atoms with Crippen LogP contribution in [0.15, 0.2) is 85.5 Å². The van der Waals surface area contributed by atoms with Crippen molar-refractivity contribution in [3.05, 3.63) is 96.6 Å². The molecule has 154 valence electrons. The average Bonchev–Trinajstić information content (AvgIpc) is 3.03. The zero-order valence-electron chi connectivity index (χ0n) is 17.0. The molecule has 0 bridgehead atoms. The van der Waals surface area contributed by atoms with Gasteiger partial charge in [-0.2, -0.15) is 0 Å². The molecule has 2 heterocycles. The van der Waals surface area contributed by atoms with E-state index in [4.69, 9.17) is 4.74 Å². The van der Waals surface area contributed by atoms with Gasteiger partial charge in [-0.1, -0.05) is 48.5 Å². The Balaban J connectivity index is 1.84. The Bertz CT molecular complexity index is 1220. The summed E-state index contributed by atoms with van der Waals surface area (Å²) in [5.41, 5.74) is 1.62. The highest BCUT2D eigenvalue weighted by Crippen LogP contribution is 2.50. The van der Waals surface area contributed by atoms with Crippen molar-refractivity contribution in [3.8, 4) is 5.75 Å². The number of para-hydroxylation sites is 4. The maximum Gasteiger partial charge on any atom is 0.279 e. The van der Waals surface area contributed by atoms with Gasteiger partial charge >= 0.3 is 0 Å². The Labute approximate surface area is 180 Å². The highest BCUT2D eigenvalue weighted by molar-refractivity contribution is 6.23. The summed E-state index contributed by atoms with van der Waals surface area (Å²) >= 11 is 0. The predicted molar refractivity (Wildman–Crippen MR) is 121 cm³/mol.